The second-order valence-corrected chi connectivity index (χ2v) is 5.60. The van der Waals surface area contributed by atoms with Gasteiger partial charge in [-0.1, -0.05) is 13.8 Å². The molecular weight excluding hydrogens is 313 g/mol. The molecule has 1 amide bonds. The number of carbonyl (C=O) groups is 2. The van der Waals surface area contributed by atoms with E-state index in [1.807, 2.05) is 0 Å². The van der Waals surface area contributed by atoms with Crippen molar-refractivity contribution in [2.45, 2.75) is 26.7 Å². The van der Waals surface area contributed by atoms with E-state index in [1.54, 1.807) is 32.2 Å². The Hall–Kier alpha value is -2.70. The van der Waals surface area contributed by atoms with Crippen LogP contribution in [0, 0.1) is 11.2 Å². The molecule has 128 valence electrons. The van der Waals surface area contributed by atoms with Crippen LogP contribution >= 0.6 is 0 Å². The van der Waals surface area contributed by atoms with Crippen molar-refractivity contribution >= 4 is 11.9 Å². The highest BCUT2D eigenvalue weighted by Crippen LogP contribution is 2.25. The van der Waals surface area contributed by atoms with Crippen molar-refractivity contribution in [3.05, 3.63) is 48.0 Å². The number of rotatable bonds is 7. The summed E-state index contributed by atoms with van der Waals surface area (Å²) in [7, 11) is 0. The lowest BCUT2D eigenvalue weighted by Gasteiger charge is -2.26. The van der Waals surface area contributed by atoms with E-state index in [9.17, 15) is 19.1 Å². The molecule has 0 unspecified atom stereocenters. The number of carboxylic acids is 1. The molecule has 7 heteroatoms. The predicted octanol–water partition coefficient (Wildman–Crippen LogP) is 2.63. The molecule has 0 saturated heterocycles. The van der Waals surface area contributed by atoms with Crippen molar-refractivity contribution in [3.63, 3.8) is 0 Å². The monoisotopic (exact) mass is 333 g/mol. The molecule has 0 fully saturated rings. The summed E-state index contributed by atoms with van der Waals surface area (Å²) < 4.78 is 14.4. The minimum absolute atomic E-state index is 0.0393. The fraction of sp³-hybridized carbons (Fsp3) is 0.353. The van der Waals surface area contributed by atoms with E-state index >= 15 is 0 Å². The Balaban J connectivity index is 2.08. The molecule has 0 saturated carbocycles. The second kappa shape index (κ2) is 7.25. The molecule has 24 heavy (non-hydrogen) atoms. The van der Waals surface area contributed by atoms with Crippen LogP contribution in [-0.2, 0) is 4.79 Å². The summed E-state index contributed by atoms with van der Waals surface area (Å²) in [5, 5.41) is 16.2. The van der Waals surface area contributed by atoms with Gasteiger partial charge in [0.15, 0.2) is 5.69 Å². The molecule has 1 aromatic carbocycles. The molecule has 6 nitrogen and oxygen atoms in total. The van der Waals surface area contributed by atoms with Crippen molar-refractivity contribution in [3.8, 4) is 5.69 Å². The largest absolute Gasteiger partial charge is 0.481 e. The second-order valence-electron chi connectivity index (χ2n) is 5.60. The highest BCUT2D eigenvalue weighted by atomic mass is 19.1. The van der Waals surface area contributed by atoms with Crippen LogP contribution in [0.5, 0.6) is 0 Å². The molecular formula is C17H20FN3O3. The number of aliphatic carboxylic acids is 1. The molecule has 2 N–H and O–H groups in total. The Bertz CT molecular complexity index is 721. The van der Waals surface area contributed by atoms with E-state index in [0.717, 1.165) is 0 Å². The Labute approximate surface area is 139 Å². The summed E-state index contributed by atoms with van der Waals surface area (Å²) >= 11 is 0. The highest BCUT2D eigenvalue weighted by molar-refractivity contribution is 5.92. The van der Waals surface area contributed by atoms with Gasteiger partial charge in [-0.2, -0.15) is 5.10 Å². The quantitative estimate of drug-likeness (QED) is 0.816. The molecule has 0 aliphatic heterocycles. The highest BCUT2D eigenvalue weighted by Gasteiger charge is 2.35. The van der Waals surface area contributed by atoms with Gasteiger partial charge < -0.3 is 10.4 Å². The number of hydrogen-bond acceptors (Lipinski definition) is 3. The van der Waals surface area contributed by atoms with Gasteiger partial charge in [0.2, 0.25) is 0 Å². The zero-order valence-electron chi connectivity index (χ0n) is 13.6. The lowest BCUT2D eigenvalue weighted by Crippen LogP contribution is -2.42. The molecule has 1 aromatic heterocycles. The van der Waals surface area contributed by atoms with Crippen LogP contribution < -0.4 is 5.32 Å². The maximum Gasteiger partial charge on any atom is 0.311 e. The van der Waals surface area contributed by atoms with Crippen molar-refractivity contribution in [2.75, 3.05) is 6.54 Å². The molecule has 0 radical (unpaired) electrons. The van der Waals surface area contributed by atoms with Crippen molar-refractivity contribution < 1.29 is 19.1 Å². The van der Waals surface area contributed by atoms with Crippen LogP contribution in [0.15, 0.2) is 36.5 Å². The first-order valence-electron chi connectivity index (χ1n) is 7.75. The Kier molecular flexibility index (Phi) is 5.33. The zero-order chi connectivity index (χ0) is 17.7. The average Bonchev–Trinajstić information content (AvgIpc) is 3.06. The van der Waals surface area contributed by atoms with Gasteiger partial charge in [0.05, 0.1) is 11.1 Å². The predicted molar refractivity (Wildman–Crippen MR) is 86.5 cm³/mol. The van der Waals surface area contributed by atoms with Gasteiger partial charge in [-0.15, -0.1) is 0 Å². The third-order valence-corrected chi connectivity index (χ3v) is 4.31. The number of benzene rings is 1. The molecule has 2 rings (SSSR count). The fourth-order valence-electron chi connectivity index (χ4n) is 2.40. The molecule has 1 heterocycles. The van der Waals surface area contributed by atoms with Crippen molar-refractivity contribution in [1.82, 2.24) is 15.1 Å². The normalized spacial score (nSPS) is 11.3. The van der Waals surface area contributed by atoms with Crippen molar-refractivity contribution in [2.24, 2.45) is 5.41 Å². The molecule has 0 spiro atoms. The summed E-state index contributed by atoms with van der Waals surface area (Å²) in [6.07, 6.45) is 2.43. The number of aromatic nitrogens is 2. The summed E-state index contributed by atoms with van der Waals surface area (Å²) in [6, 6.07) is 7.24. The van der Waals surface area contributed by atoms with Gasteiger partial charge in [-0.05, 0) is 43.2 Å². The van der Waals surface area contributed by atoms with Crippen LogP contribution in [-0.4, -0.2) is 33.3 Å². The van der Waals surface area contributed by atoms with Gasteiger partial charge >= 0.3 is 5.97 Å². The zero-order valence-corrected chi connectivity index (χ0v) is 13.6. The van der Waals surface area contributed by atoms with Crippen LogP contribution in [0.2, 0.25) is 0 Å². The van der Waals surface area contributed by atoms with Gasteiger partial charge in [-0.25, -0.2) is 9.07 Å². The number of amides is 1. The maximum absolute atomic E-state index is 12.9. The summed E-state index contributed by atoms with van der Waals surface area (Å²) in [6.45, 7) is 3.61. The van der Waals surface area contributed by atoms with Gasteiger partial charge in [-0.3, -0.25) is 9.59 Å². The minimum Gasteiger partial charge on any atom is -0.481 e. The van der Waals surface area contributed by atoms with E-state index in [2.05, 4.69) is 10.4 Å². The molecule has 0 aliphatic rings. The molecule has 0 atom stereocenters. The van der Waals surface area contributed by atoms with E-state index in [1.165, 1.54) is 22.9 Å². The van der Waals surface area contributed by atoms with Crippen LogP contribution in [0.4, 0.5) is 4.39 Å². The first-order valence-corrected chi connectivity index (χ1v) is 7.75. The Morgan fingerprint density at radius 3 is 2.38 bits per heavy atom. The minimum atomic E-state index is -0.977. The summed E-state index contributed by atoms with van der Waals surface area (Å²) in [5.74, 6) is -1.72. The van der Waals surface area contributed by atoms with E-state index in [-0.39, 0.29) is 18.1 Å². The van der Waals surface area contributed by atoms with Gasteiger partial charge in [0.25, 0.3) is 5.91 Å². The number of nitrogens with zero attached hydrogens (tertiary/aromatic N) is 2. The van der Waals surface area contributed by atoms with E-state index in [0.29, 0.717) is 18.5 Å². The van der Waals surface area contributed by atoms with E-state index < -0.39 is 17.3 Å². The topological polar surface area (TPSA) is 84.2 Å². The molecule has 0 bridgehead atoms. The Morgan fingerprint density at radius 1 is 1.21 bits per heavy atom. The molecule has 2 aromatic rings. The third-order valence-electron chi connectivity index (χ3n) is 4.31. The number of carbonyl (C=O) groups excluding carboxylic acids is 1. The van der Waals surface area contributed by atoms with E-state index in [4.69, 9.17) is 0 Å². The summed E-state index contributed by atoms with van der Waals surface area (Å²) in [5.41, 5.74) is -0.182. The Morgan fingerprint density at radius 2 is 1.83 bits per heavy atom. The SMILES string of the molecule is CCC(CC)(CNC(=O)c1ccn(-c2ccc(F)cc2)n1)C(=O)O. The maximum atomic E-state index is 12.9. The summed E-state index contributed by atoms with van der Waals surface area (Å²) in [4.78, 5) is 23.7. The third kappa shape index (κ3) is 3.61. The fourth-order valence-corrected chi connectivity index (χ4v) is 2.40. The van der Waals surface area contributed by atoms with Crippen LogP contribution in [0.1, 0.15) is 37.2 Å². The number of hydrogen-bond donors (Lipinski definition) is 2. The lowest BCUT2D eigenvalue weighted by molar-refractivity contribution is -0.149. The lowest BCUT2D eigenvalue weighted by atomic mass is 9.82. The first kappa shape index (κ1) is 17.7. The molecule has 0 aliphatic carbocycles. The van der Waals surface area contributed by atoms with Gasteiger partial charge in [0, 0.05) is 12.7 Å². The first-order chi connectivity index (χ1) is 11.4. The van der Waals surface area contributed by atoms with Gasteiger partial charge in [0.1, 0.15) is 5.82 Å². The average molecular weight is 333 g/mol. The number of carboxylic acid groups (broad SMARTS) is 1. The standard InChI is InChI=1S/C17H20FN3O3/c1-3-17(4-2,16(23)24)11-19-15(22)14-9-10-21(20-14)13-7-5-12(18)6-8-13/h5-10H,3-4,11H2,1-2H3,(H,19,22)(H,23,24). The number of halogens is 1. The van der Waals surface area contributed by atoms with Crippen molar-refractivity contribution in [1.29, 1.82) is 0 Å². The number of nitrogens with one attached hydrogen (secondary N) is 1. The van der Waals surface area contributed by atoms with Crippen LogP contribution in [0.25, 0.3) is 5.69 Å². The van der Waals surface area contributed by atoms with Crippen LogP contribution in [0.3, 0.4) is 0 Å². The smallest absolute Gasteiger partial charge is 0.311 e.